The van der Waals surface area contributed by atoms with Gasteiger partial charge in [0, 0.05) is 6.54 Å². The number of hydrogen-bond acceptors (Lipinski definition) is 5. The molecule has 0 bridgehead atoms. The molecule has 0 spiro atoms. The van der Waals surface area contributed by atoms with Crippen LogP contribution in [0.5, 0.6) is 0 Å². The number of aryl methyl sites for hydroxylation is 1. The maximum Gasteiger partial charge on any atom is 0.407 e. The second-order valence-corrected chi connectivity index (χ2v) is 6.03. The van der Waals surface area contributed by atoms with E-state index in [9.17, 15) is 4.79 Å². The van der Waals surface area contributed by atoms with Crippen molar-refractivity contribution in [1.82, 2.24) is 15.5 Å². The molecule has 2 aromatic rings. The van der Waals surface area contributed by atoms with Crippen LogP contribution in [0.1, 0.15) is 44.0 Å². The van der Waals surface area contributed by atoms with Crippen molar-refractivity contribution >= 4 is 6.09 Å². The highest BCUT2D eigenvalue weighted by atomic mass is 16.6. The molecular weight excluding hydrogens is 282 g/mol. The SMILES string of the molecule is Cc1noc(C(CNC(=O)OC(C)(C)C)c2ccccc2)n1. The first-order chi connectivity index (χ1) is 10.3. The summed E-state index contributed by atoms with van der Waals surface area (Å²) >= 11 is 0. The van der Waals surface area contributed by atoms with Crippen LogP contribution in [-0.4, -0.2) is 28.4 Å². The number of alkyl carbamates (subject to hydrolysis) is 1. The zero-order valence-corrected chi connectivity index (χ0v) is 13.3. The van der Waals surface area contributed by atoms with E-state index in [1.54, 1.807) is 6.92 Å². The van der Waals surface area contributed by atoms with E-state index in [1.807, 2.05) is 51.1 Å². The Kier molecular flexibility index (Phi) is 4.80. The summed E-state index contributed by atoms with van der Waals surface area (Å²) in [6.07, 6.45) is -0.468. The van der Waals surface area contributed by atoms with Gasteiger partial charge in [-0.3, -0.25) is 0 Å². The zero-order valence-electron chi connectivity index (χ0n) is 13.3. The Morgan fingerprint density at radius 3 is 2.55 bits per heavy atom. The highest BCUT2D eigenvalue weighted by Crippen LogP contribution is 2.22. The zero-order chi connectivity index (χ0) is 16.2. The average Bonchev–Trinajstić information content (AvgIpc) is 2.85. The van der Waals surface area contributed by atoms with Crippen molar-refractivity contribution in [3.63, 3.8) is 0 Å². The van der Waals surface area contributed by atoms with Crippen molar-refractivity contribution < 1.29 is 14.1 Å². The van der Waals surface area contributed by atoms with Crippen LogP contribution in [0.2, 0.25) is 0 Å². The van der Waals surface area contributed by atoms with Crippen LogP contribution in [-0.2, 0) is 4.74 Å². The van der Waals surface area contributed by atoms with E-state index in [0.29, 0.717) is 18.3 Å². The number of carbonyl (C=O) groups is 1. The lowest BCUT2D eigenvalue weighted by molar-refractivity contribution is 0.0525. The lowest BCUT2D eigenvalue weighted by Gasteiger charge is -2.21. The van der Waals surface area contributed by atoms with Crippen LogP contribution in [0.4, 0.5) is 4.79 Å². The molecule has 1 aromatic carbocycles. The van der Waals surface area contributed by atoms with Gasteiger partial charge in [0.1, 0.15) is 5.60 Å². The first-order valence-corrected chi connectivity index (χ1v) is 7.17. The summed E-state index contributed by atoms with van der Waals surface area (Å²) in [5.74, 6) is 0.822. The molecule has 2 rings (SSSR count). The van der Waals surface area contributed by atoms with Crippen molar-refractivity contribution in [2.45, 2.75) is 39.2 Å². The standard InChI is InChI=1S/C16H21N3O3/c1-11-18-14(22-19-11)13(12-8-6-5-7-9-12)10-17-15(20)21-16(2,3)4/h5-9,13H,10H2,1-4H3,(H,17,20). The summed E-state index contributed by atoms with van der Waals surface area (Å²) in [5.41, 5.74) is 0.454. The highest BCUT2D eigenvalue weighted by molar-refractivity contribution is 5.67. The predicted octanol–water partition coefficient (Wildman–Crippen LogP) is 3.03. The molecule has 0 aliphatic rings. The summed E-state index contributed by atoms with van der Waals surface area (Å²) in [6.45, 7) is 7.55. The van der Waals surface area contributed by atoms with E-state index in [2.05, 4.69) is 15.5 Å². The molecule has 6 heteroatoms. The molecule has 22 heavy (non-hydrogen) atoms. The fraction of sp³-hybridized carbons (Fsp3) is 0.438. The lowest BCUT2D eigenvalue weighted by Crippen LogP contribution is -2.35. The number of aromatic nitrogens is 2. The van der Waals surface area contributed by atoms with Gasteiger partial charge in [-0.25, -0.2) is 4.79 Å². The largest absolute Gasteiger partial charge is 0.444 e. The molecule has 0 saturated carbocycles. The molecule has 0 saturated heterocycles. The summed E-state index contributed by atoms with van der Waals surface area (Å²) in [6, 6.07) is 9.71. The van der Waals surface area contributed by atoms with Crippen molar-refractivity contribution in [1.29, 1.82) is 0 Å². The molecule has 1 aromatic heterocycles. The summed E-state index contributed by atoms with van der Waals surface area (Å²) in [4.78, 5) is 16.1. The van der Waals surface area contributed by atoms with Crippen LogP contribution >= 0.6 is 0 Å². The fourth-order valence-electron chi connectivity index (χ4n) is 1.99. The number of carbonyl (C=O) groups excluding carboxylic acids is 1. The van der Waals surface area contributed by atoms with Gasteiger partial charge < -0.3 is 14.6 Å². The number of hydrogen-bond donors (Lipinski definition) is 1. The van der Waals surface area contributed by atoms with Crippen molar-refractivity contribution in [3.8, 4) is 0 Å². The number of nitrogens with zero attached hydrogens (tertiary/aromatic N) is 2. The minimum atomic E-state index is -0.534. The molecule has 1 heterocycles. The van der Waals surface area contributed by atoms with Gasteiger partial charge in [0.15, 0.2) is 5.82 Å². The van der Waals surface area contributed by atoms with Crippen molar-refractivity contribution in [3.05, 3.63) is 47.6 Å². The molecule has 1 N–H and O–H groups in total. The monoisotopic (exact) mass is 303 g/mol. The quantitative estimate of drug-likeness (QED) is 0.939. The molecular formula is C16H21N3O3. The Labute approximate surface area is 129 Å². The Balaban J connectivity index is 2.11. The average molecular weight is 303 g/mol. The molecule has 1 unspecified atom stereocenters. The Morgan fingerprint density at radius 2 is 2.00 bits per heavy atom. The predicted molar refractivity (Wildman–Crippen MR) is 81.6 cm³/mol. The number of benzene rings is 1. The Bertz CT molecular complexity index is 617. The van der Waals surface area contributed by atoms with Gasteiger partial charge in [0.2, 0.25) is 5.89 Å². The molecule has 1 atom stereocenters. The number of amides is 1. The minimum absolute atomic E-state index is 0.213. The molecule has 0 aliphatic heterocycles. The van der Waals surface area contributed by atoms with Gasteiger partial charge >= 0.3 is 6.09 Å². The Morgan fingerprint density at radius 1 is 1.32 bits per heavy atom. The number of nitrogens with one attached hydrogen (secondary N) is 1. The van der Waals surface area contributed by atoms with Gasteiger partial charge in [-0.05, 0) is 33.3 Å². The van der Waals surface area contributed by atoms with Crippen molar-refractivity contribution in [2.24, 2.45) is 0 Å². The fourth-order valence-corrected chi connectivity index (χ4v) is 1.99. The van der Waals surface area contributed by atoms with Gasteiger partial charge in [0.25, 0.3) is 0 Å². The third kappa shape index (κ3) is 4.58. The van der Waals surface area contributed by atoms with E-state index < -0.39 is 11.7 Å². The van der Waals surface area contributed by atoms with E-state index in [4.69, 9.17) is 9.26 Å². The normalized spacial score (nSPS) is 12.7. The van der Waals surface area contributed by atoms with E-state index in [-0.39, 0.29) is 5.92 Å². The maximum atomic E-state index is 11.8. The number of ether oxygens (including phenoxy) is 1. The topological polar surface area (TPSA) is 77.2 Å². The maximum absolute atomic E-state index is 11.8. The Hall–Kier alpha value is -2.37. The summed E-state index contributed by atoms with van der Waals surface area (Å²) in [5, 5.41) is 6.58. The van der Waals surface area contributed by atoms with Crippen LogP contribution in [0, 0.1) is 6.92 Å². The molecule has 0 fully saturated rings. The van der Waals surface area contributed by atoms with Crippen LogP contribution in [0.15, 0.2) is 34.9 Å². The van der Waals surface area contributed by atoms with Crippen molar-refractivity contribution in [2.75, 3.05) is 6.54 Å². The second-order valence-electron chi connectivity index (χ2n) is 6.03. The second kappa shape index (κ2) is 6.60. The third-order valence-corrected chi connectivity index (χ3v) is 2.89. The molecule has 6 nitrogen and oxygen atoms in total. The van der Waals surface area contributed by atoms with Crippen LogP contribution < -0.4 is 5.32 Å². The molecule has 0 radical (unpaired) electrons. The van der Waals surface area contributed by atoms with Crippen LogP contribution in [0.3, 0.4) is 0 Å². The minimum Gasteiger partial charge on any atom is -0.444 e. The molecule has 118 valence electrons. The molecule has 1 amide bonds. The first kappa shape index (κ1) is 16.0. The molecule has 0 aliphatic carbocycles. The smallest absolute Gasteiger partial charge is 0.407 e. The van der Waals surface area contributed by atoms with E-state index in [1.165, 1.54) is 0 Å². The lowest BCUT2D eigenvalue weighted by atomic mass is 9.99. The van der Waals surface area contributed by atoms with E-state index >= 15 is 0 Å². The van der Waals surface area contributed by atoms with Gasteiger partial charge in [0.05, 0.1) is 5.92 Å². The summed E-state index contributed by atoms with van der Waals surface area (Å²) < 4.78 is 10.5. The van der Waals surface area contributed by atoms with E-state index in [0.717, 1.165) is 5.56 Å². The summed E-state index contributed by atoms with van der Waals surface area (Å²) in [7, 11) is 0. The highest BCUT2D eigenvalue weighted by Gasteiger charge is 2.23. The first-order valence-electron chi connectivity index (χ1n) is 7.17. The van der Waals surface area contributed by atoms with Gasteiger partial charge in [-0.15, -0.1) is 0 Å². The van der Waals surface area contributed by atoms with Gasteiger partial charge in [-0.1, -0.05) is 35.5 Å². The number of rotatable bonds is 4. The third-order valence-electron chi connectivity index (χ3n) is 2.89. The van der Waals surface area contributed by atoms with Crippen LogP contribution in [0.25, 0.3) is 0 Å². The van der Waals surface area contributed by atoms with Gasteiger partial charge in [-0.2, -0.15) is 4.98 Å².